The number of nitrogens with two attached hydrogens (primary N) is 5. The van der Waals surface area contributed by atoms with Gasteiger partial charge in [0.05, 0.1) is 19.0 Å². The molecule has 1 heterocycles. The molecule has 0 saturated carbocycles. The number of rotatable bonds is 29. The van der Waals surface area contributed by atoms with E-state index in [1.54, 1.807) is 56.3 Å². The highest BCUT2D eigenvalue weighted by Gasteiger charge is 2.40. The number of likely N-dealkylation sites (tertiary alicyclic amines) is 1. The van der Waals surface area contributed by atoms with Gasteiger partial charge in [-0.3, -0.25) is 52.9 Å². The summed E-state index contributed by atoms with van der Waals surface area (Å²) in [6.45, 7) is 2.87. The van der Waals surface area contributed by atoms with Crippen LogP contribution >= 0.6 is 25.3 Å². The standard InChI is InChI=1S/C46H68N14O11S2/c1-24(2)37(59-42(68)31(18-25-8-4-3-5-9-25)56-40(66)30(55-38(64)28(47)22-72)19-26-12-14-27(61)15-13-26)44(70)57-32(20-35(48)62)41(67)58-33(23-73)45(71)60-17-7-11-34(60)43(69)54-29(10-6-16-52-46(50)51)39(65)53-21-36(49)63/h3-5,8-9,12-15,24,28-34,37,61,72-73H,6-7,10-11,16-23,47H2,1-2H3,(H2,48,62)(H2,49,63)(H,53,65)(H,54,69)(H,55,64)(H,56,66)(H,57,70)(H,58,67)(H,59,68)(H4,50,51,52)/t28-,29-,30-,31-,32-,33-,34-,37-/m0/s1. The van der Waals surface area contributed by atoms with Gasteiger partial charge >= 0.3 is 0 Å². The zero-order valence-corrected chi connectivity index (χ0v) is 42.4. The molecule has 18 N–H and O–H groups in total. The van der Waals surface area contributed by atoms with Crippen molar-refractivity contribution in [3.63, 3.8) is 0 Å². The average molecular weight is 1060 g/mol. The number of phenols is 1. The van der Waals surface area contributed by atoms with Crippen LogP contribution < -0.4 is 65.9 Å². The van der Waals surface area contributed by atoms with E-state index in [1.165, 1.54) is 17.0 Å². The molecule has 1 saturated heterocycles. The summed E-state index contributed by atoms with van der Waals surface area (Å²) in [6, 6.07) is 4.01. The van der Waals surface area contributed by atoms with Crippen LogP contribution in [0.5, 0.6) is 5.75 Å². The number of guanidine groups is 1. The second-order valence-electron chi connectivity index (χ2n) is 17.6. The summed E-state index contributed by atoms with van der Waals surface area (Å²) in [5, 5.41) is 27.6. The van der Waals surface area contributed by atoms with E-state index >= 15 is 0 Å². The number of amides is 10. The smallest absolute Gasteiger partial charge is 0.246 e. The van der Waals surface area contributed by atoms with Crippen LogP contribution in [0.4, 0.5) is 0 Å². The highest BCUT2D eigenvalue weighted by molar-refractivity contribution is 7.80. The number of nitrogens with zero attached hydrogens (tertiary/aromatic N) is 2. The van der Waals surface area contributed by atoms with Crippen molar-refractivity contribution in [1.29, 1.82) is 0 Å². The summed E-state index contributed by atoms with van der Waals surface area (Å²) < 4.78 is 0. The largest absolute Gasteiger partial charge is 0.508 e. The lowest BCUT2D eigenvalue weighted by Gasteiger charge is -2.30. The third kappa shape index (κ3) is 20.1. The van der Waals surface area contributed by atoms with E-state index in [1.807, 2.05) is 0 Å². The molecular weight excluding hydrogens is 989 g/mol. The number of carbonyl (C=O) groups is 10. The first-order valence-electron chi connectivity index (χ1n) is 23.4. The minimum Gasteiger partial charge on any atom is -0.508 e. The van der Waals surface area contributed by atoms with Crippen LogP contribution in [0.15, 0.2) is 59.6 Å². The molecule has 27 heteroatoms. The molecule has 1 aliphatic heterocycles. The lowest BCUT2D eigenvalue weighted by Crippen LogP contribution is -2.61. The van der Waals surface area contributed by atoms with Crippen LogP contribution in [0.1, 0.15) is 57.1 Å². The Morgan fingerprint density at radius 2 is 1.23 bits per heavy atom. The summed E-state index contributed by atoms with van der Waals surface area (Å²) in [5.41, 5.74) is 28.5. The van der Waals surface area contributed by atoms with Crippen LogP contribution in [0.25, 0.3) is 0 Å². The van der Waals surface area contributed by atoms with E-state index in [2.05, 4.69) is 67.5 Å². The van der Waals surface area contributed by atoms with Gasteiger partial charge in [0.2, 0.25) is 59.1 Å². The third-order valence-electron chi connectivity index (χ3n) is 11.4. The van der Waals surface area contributed by atoms with Gasteiger partial charge in [-0.1, -0.05) is 56.3 Å². The molecule has 0 bridgehead atoms. The van der Waals surface area contributed by atoms with Gasteiger partial charge in [-0.2, -0.15) is 25.3 Å². The Bertz CT molecular complexity index is 2290. The van der Waals surface area contributed by atoms with Crippen LogP contribution in [0.2, 0.25) is 0 Å². The number of carbonyl (C=O) groups excluding carboxylic acids is 10. The van der Waals surface area contributed by atoms with Crippen molar-refractivity contribution in [2.45, 2.75) is 107 Å². The Morgan fingerprint density at radius 1 is 0.671 bits per heavy atom. The van der Waals surface area contributed by atoms with Gasteiger partial charge in [0.15, 0.2) is 5.96 Å². The van der Waals surface area contributed by atoms with Crippen molar-refractivity contribution in [3.8, 4) is 5.75 Å². The van der Waals surface area contributed by atoms with Gasteiger partial charge < -0.3 is 75.9 Å². The normalized spacial score (nSPS) is 15.9. The van der Waals surface area contributed by atoms with Crippen molar-refractivity contribution in [1.82, 2.24) is 42.1 Å². The first-order chi connectivity index (χ1) is 34.5. The topological polar surface area (TPSA) is 421 Å². The monoisotopic (exact) mass is 1060 g/mol. The fourth-order valence-electron chi connectivity index (χ4n) is 7.53. The van der Waals surface area contributed by atoms with Gasteiger partial charge in [0, 0.05) is 37.4 Å². The van der Waals surface area contributed by atoms with Crippen molar-refractivity contribution in [2.24, 2.45) is 39.6 Å². The Morgan fingerprint density at radius 3 is 1.79 bits per heavy atom. The molecule has 1 fully saturated rings. The number of aliphatic imine (C=N–C) groups is 1. The van der Waals surface area contributed by atoms with E-state index in [-0.39, 0.29) is 68.4 Å². The Labute approximate surface area is 433 Å². The lowest BCUT2D eigenvalue weighted by atomic mass is 9.99. The quantitative estimate of drug-likeness (QED) is 0.0158. The number of phenolic OH excluding ortho intramolecular Hbond substituents is 1. The zero-order chi connectivity index (χ0) is 54.4. The first kappa shape index (κ1) is 60.2. The van der Waals surface area contributed by atoms with E-state index in [9.17, 15) is 53.1 Å². The highest BCUT2D eigenvalue weighted by Crippen LogP contribution is 2.20. The predicted molar refractivity (Wildman–Crippen MR) is 275 cm³/mol. The molecule has 3 rings (SSSR count). The maximum Gasteiger partial charge on any atom is 0.246 e. The van der Waals surface area contributed by atoms with E-state index in [0.717, 1.165) is 0 Å². The number of benzene rings is 2. The summed E-state index contributed by atoms with van der Waals surface area (Å²) in [5.74, 6) is -9.54. The van der Waals surface area contributed by atoms with Crippen molar-refractivity contribution in [2.75, 3.05) is 31.1 Å². The van der Waals surface area contributed by atoms with Crippen LogP contribution in [0.3, 0.4) is 0 Å². The van der Waals surface area contributed by atoms with E-state index in [0.29, 0.717) is 17.5 Å². The third-order valence-corrected chi connectivity index (χ3v) is 12.2. The van der Waals surface area contributed by atoms with Crippen LogP contribution in [-0.4, -0.2) is 155 Å². The van der Waals surface area contributed by atoms with Crippen molar-refractivity contribution < 1.29 is 53.1 Å². The summed E-state index contributed by atoms with van der Waals surface area (Å²) in [7, 11) is 0. The first-order valence-corrected chi connectivity index (χ1v) is 24.6. The molecule has 73 heavy (non-hydrogen) atoms. The maximum atomic E-state index is 14.2. The number of hydrogen-bond acceptors (Lipinski definition) is 15. The van der Waals surface area contributed by atoms with E-state index < -0.39 is 126 Å². The molecule has 0 spiro atoms. The van der Waals surface area contributed by atoms with Gasteiger partial charge in [0.1, 0.15) is 48.0 Å². The summed E-state index contributed by atoms with van der Waals surface area (Å²) >= 11 is 8.34. The van der Waals surface area contributed by atoms with Gasteiger partial charge in [-0.05, 0) is 54.9 Å². The minimum atomic E-state index is -1.69. The molecule has 0 radical (unpaired) electrons. The number of hydrogen-bond donors (Lipinski definition) is 15. The molecule has 0 unspecified atom stereocenters. The number of aromatic hydroxyl groups is 1. The SMILES string of the molecule is CC(C)[C@H](NC(=O)[C@H](Cc1ccccc1)NC(=O)[C@H](Cc1ccc(O)cc1)NC(=O)[C@@H](N)CS)C(=O)N[C@@H](CC(N)=O)C(=O)N[C@@H](CS)C(=O)N1CCC[C@H]1C(=O)N[C@@H](CCCN=C(N)N)C(=O)NCC(N)=O. The molecule has 0 aliphatic carbocycles. The number of primary amides is 2. The number of thiol groups is 2. The van der Waals surface area contributed by atoms with Gasteiger partial charge in [-0.25, -0.2) is 0 Å². The molecule has 2 aromatic carbocycles. The van der Waals surface area contributed by atoms with Gasteiger partial charge in [-0.15, -0.1) is 0 Å². The van der Waals surface area contributed by atoms with Crippen LogP contribution in [0, 0.1) is 5.92 Å². The molecule has 1 aliphatic rings. The minimum absolute atomic E-state index is 0.0300. The molecule has 8 atom stereocenters. The van der Waals surface area contributed by atoms with Crippen molar-refractivity contribution in [3.05, 3.63) is 65.7 Å². The zero-order valence-electron chi connectivity index (χ0n) is 40.6. The van der Waals surface area contributed by atoms with Crippen molar-refractivity contribution >= 4 is 90.3 Å². The molecule has 2 aromatic rings. The predicted octanol–water partition coefficient (Wildman–Crippen LogP) is -4.55. The Kier molecular flexibility index (Phi) is 24.8. The fourth-order valence-corrected chi connectivity index (χ4v) is 7.94. The molecular formula is C46H68N14O11S2. The molecule has 25 nitrogen and oxygen atoms in total. The fraction of sp³-hybridized carbons (Fsp3) is 0.500. The molecule has 400 valence electrons. The highest BCUT2D eigenvalue weighted by atomic mass is 32.1. The van der Waals surface area contributed by atoms with E-state index in [4.69, 9.17) is 28.7 Å². The Hall–Kier alpha value is -7.13. The second kappa shape index (κ2) is 30.0. The van der Waals surface area contributed by atoms with Gasteiger partial charge in [0.25, 0.3) is 0 Å². The molecule has 10 amide bonds. The Balaban J connectivity index is 1.82. The average Bonchev–Trinajstić information content (AvgIpc) is 3.85. The van der Waals surface area contributed by atoms with Crippen LogP contribution in [-0.2, 0) is 60.8 Å². The lowest BCUT2D eigenvalue weighted by molar-refractivity contribution is -0.142. The summed E-state index contributed by atoms with van der Waals surface area (Å²) in [6.07, 6.45) is -0.0855. The molecule has 0 aromatic heterocycles. The maximum absolute atomic E-state index is 14.2. The summed E-state index contributed by atoms with van der Waals surface area (Å²) in [4.78, 5) is 139. The number of nitrogens with one attached hydrogen (secondary N) is 7. The second-order valence-corrected chi connectivity index (χ2v) is 18.3.